The lowest BCUT2D eigenvalue weighted by Gasteiger charge is -2.16. The lowest BCUT2D eigenvalue weighted by atomic mass is 9.91. The zero-order chi connectivity index (χ0) is 13.8. The summed E-state index contributed by atoms with van der Waals surface area (Å²) in [6, 6.07) is 12.6. The molecule has 1 nitrogen and oxygen atoms in total. The van der Waals surface area contributed by atoms with Crippen LogP contribution < -0.4 is 5.73 Å². The summed E-state index contributed by atoms with van der Waals surface area (Å²) in [4.78, 5) is 0. The van der Waals surface area contributed by atoms with Gasteiger partial charge in [0, 0.05) is 10.9 Å². The maximum absolute atomic E-state index is 13.3. The van der Waals surface area contributed by atoms with Gasteiger partial charge in [0.25, 0.3) is 0 Å². The Bertz CT molecular complexity index is 568. The summed E-state index contributed by atoms with van der Waals surface area (Å²) in [5, 5.41) is 0.745. The van der Waals surface area contributed by atoms with Crippen LogP contribution in [0.1, 0.15) is 22.6 Å². The molecular weight excluding hydrogens is 261 g/mol. The zero-order valence-electron chi connectivity index (χ0n) is 10.9. The molecule has 0 aromatic heterocycles. The van der Waals surface area contributed by atoms with Gasteiger partial charge in [0.05, 0.1) is 0 Å². The summed E-state index contributed by atoms with van der Waals surface area (Å²) in [6.07, 6.45) is 0.721. The highest BCUT2D eigenvalue weighted by Gasteiger charge is 2.13. The van der Waals surface area contributed by atoms with Gasteiger partial charge in [-0.05, 0) is 54.8 Å². The predicted octanol–water partition coefficient (Wildman–Crippen LogP) is 4.07. The molecule has 3 heteroatoms. The second-order valence-corrected chi connectivity index (χ2v) is 5.19. The van der Waals surface area contributed by atoms with Crippen LogP contribution in [0.15, 0.2) is 42.5 Å². The summed E-state index contributed by atoms with van der Waals surface area (Å²) in [5.74, 6) is -0.151. The van der Waals surface area contributed by atoms with E-state index in [0.29, 0.717) is 6.54 Å². The van der Waals surface area contributed by atoms with Gasteiger partial charge in [-0.3, -0.25) is 0 Å². The molecule has 2 aromatic rings. The Morgan fingerprint density at radius 3 is 2.63 bits per heavy atom. The average Bonchev–Trinajstić information content (AvgIpc) is 2.38. The van der Waals surface area contributed by atoms with Gasteiger partial charge in [-0.15, -0.1) is 0 Å². The standard InChI is InChI=1S/C16H17ClFN/c1-11-5-6-13(16(17)7-11)8-14(10-19)12-3-2-4-15(18)9-12/h2-7,9,14H,8,10,19H2,1H3. The lowest BCUT2D eigenvalue weighted by Crippen LogP contribution is -2.15. The van der Waals surface area contributed by atoms with Crippen molar-refractivity contribution in [3.05, 3.63) is 70.0 Å². The Morgan fingerprint density at radius 2 is 2.00 bits per heavy atom. The number of rotatable bonds is 4. The third-order valence-electron chi connectivity index (χ3n) is 3.28. The van der Waals surface area contributed by atoms with Gasteiger partial charge in [-0.2, -0.15) is 0 Å². The second-order valence-electron chi connectivity index (χ2n) is 4.79. The summed E-state index contributed by atoms with van der Waals surface area (Å²) in [7, 11) is 0. The van der Waals surface area contributed by atoms with E-state index in [1.54, 1.807) is 12.1 Å². The number of hydrogen-bond donors (Lipinski definition) is 1. The molecule has 100 valence electrons. The molecular formula is C16H17ClFN. The predicted molar refractivity (Wildman–Crippen MR) is 78.1 cm³/mol. The molecule has 1 unspecified atom stereocenters. The third-order valence-corrected chi connectivity index (χ3v) is 3.63. The van der Waals surface area contributed by atoms with Gasteiger partial charge in [-0.1, -0.05) is 35.9 Å². The quantitative estimate of drug-likeness (QED) is 0.896. The fourth-order valence-electron chi connectivity index (χ4n) is 2.18. The molecule has 19 heavy (non-hydrogen) atoms. The van der Waals surface area contributed by atoms with Crippen LogP contribution >= 0.6 is 11.6 Å². The van der Waals surface area contributed by atoms with Gasteiger partial charge in [0.2, 0.25) is 0 Å². The molecule has 0 bridgehead atoms. The van der Waals surface area contributed by atoms with Crippen LogP contribution in [0.25, 0.3) is 0 Å². The van der Waals surface area contributed by atoms with Crippen LogP contribution in [0, 0.1) is 12.7 Å². The minimum Gasteiger partial charge on any atom is -0.330 e. The van der Waals surface area contributed by atoms with E-state index in [0.717, 1.165) is 28.1 Å². The molecule has 2 N–H and O–H groups in total. The molecule has 0 radical (unpaired) electrons. The van der Waals surface area contributed by atoms with E-state index in [1.165, 1.54) is 6.07 Å². The van der Waals surface area contributed by atoms with Gasteiger partial charge in [0.15, 0.2) is 0 Å². The van der Waals surface area contributed by atoms with Crippen molar-refractivity contribution >= 4 is 11.6 Å². The first kappa shape index (κ1) is 14.0. The van der Waals surface area contributed by atoms with Crippen molar-refractivity contribution in [1.29, 1.82) is 0 Å². The molecule has 0 spiro atoms. The van der Waals surface area contributed by atoms with Crippen molar-refractivity contribution in [2.24, 2.45) is 5.73 Å². The van der Waals surface area contributed by atoms with E-state index in [1.807, 2.05) is 31.2 Å². The zero-order valence-corrected chi connectivity index (χ0v) is 11.6. The van der Waals surface area contributed by atoms with E-state index in [4.69, 9.17) is 17.3 Å². The minimum absolute atomic E-state index is 0.0795. The van der Waals surface area contributed by atoms with Crippen molar-refractivity contribution in [3.63, 3.8) is 0 Å². The van der Waals surface area contributed by atoms with Crippen LogP contribution in [0.2, 0.25) is 5.02 Å². The number of benzene rings is 2. The monoisotopic (exact) mass is 277 g/mol. The normalized spacial score (nSPS) is 12.4. The van der Waals surface area contributed by atoms with Crippen molar-refractivity contribution in [1.82, 2.24) is 0 Å². The first-order chi connectivity index (χ1) is 9.10. The Hall–Kier alpha value is -1.38. The molecule has 0 fully saturated rings. The Kier molecular flexibility index (Phi) is 4.56. The molecule has 0 saturated carbocycles. The fourth-order valence-corrected chi connectivity index (χ4v) is 2.49. The molecule has 0 aliphatic carbocycles. The Balaban J connectivity index is 2.24. The SMILES string of the molecule is Cc1ccc(CC(CN)c2cccc(F)c2)c(Cl)c1. The molecule has 2 rings (SSSR count). The number of hydrogen-bond acceptors (Lipinski definition) is 1. The largest absolute Gasteiger partial charge is 0.330 e. The summed E-state index contributed by atoms with van der Waals surface area (Å²) >= 11 is 6.23. The van der Waals surface area contributed by atoms with Gasteiger partial charge >= 0.3 is 0 Å². The second kappa shape index (κ2) is 6.18. The molecule has 0 aliphatic heterocycles. The van der Waals surface area contributed by atoms with Crippen LogP contribution in [-0.2, 0) is 6.42 Å². The van der Waals surface area contributed by atoms with E-state index in [2.05, 4.69) is 0 Å². The number of halogens is 2. The Labute approximate surface area is 118 Å². The maximum Gasteiger partial charge on any atom is 0.123 e. The highest BCUT2D eigenvalue weighted by atomic mass is 35.5. The number of aryl methyl sites for hydroxylation is 1. The molecule has 0 amide bonds. The van der Waals surface area contributed by atoms with Crippen molar-refractivity contribution < 1.29 is 4.39 Å². The topological polar surface area (TPSA) is 26.0 Å². The Morgan fingerprint density at radius 1 is 1.21 bits per heavy atom. The first-order valence-corrected chi connectivity index (χ1v) is 6.68. The smallest absolute Gasteiger partial charge is 0.123 e. The lowest BCUT2D eigenvalue weighted by molar-refractivity contribution is 0.616. The average molecular weight is 278 g/mol. The van der Waals surface area contributed by atoms with Crippen molar-refractivity contribution in [3.8, 4) is 0 Å². The van der Waals surface area contributed by atoms with Gasteiger partial charge in [0.1, 0.15) is 5.82 Å². The molecule has 0 aliphatic rings. The summed E-state index contributed by atoms with van der Waals surface area (Å²) in [5.41, 5.74) is 8.91. The highest BCUT2D eigenvalue weighted by molar-refractivity contribution is 6.31. The van der Waals surface area contributed by atoms with Crippen LogP contribution in [0.4, 0.5) is 4.39 Å². The van der Waals surface area contributed by atoms with E-state index < -0.39 is 0 Å². The molecule has 2 aromatic carbocycles. The maximum atomic E-state index is 13.3. The highest BCUT2D eigenvalue weighted by Crippen LogP contribution is 2.25. The minimum atomic E-state index is -0.231. The first-order valence-electron chi connectivity index (χ1n) is 6.30. The molecule has 0 saturated heterocycles. The van der Waals surface area contributed by atoms with Crippen LogP contribution in [0.3, 0.4) is 0 Å². The molecule has 1 atom stereocenters. The van der Waals surface area contributed by atoms with E-state index >= 15 is 0 Å². The summed E-state index contributed by atoms with van der Waals surface area (Å²) in [6.45, 7) is 2.47. The number of nitrogens with two attached hydrogens (primary N) is 1. The van der Waals surface area contributed by atoms with Crippen molar-refractivity contribution in [2.75, 3.05) is 6.54 Å². The molecule has 0 heterocycles. The van der Waals surface area contributed by atoms with Crippen LogP contribution in [-0.4, -0.2) is 6.54 Å². The van der Waals surface area contributed by atoms with Crippen LogP contribution in [0.5, 0.6) is 0 Å². The fraction of sp³-hybridized carbons (Fsp3) is 0.250. The van der Waals surface area contributed by atoms with E-state index in [-0.39, 0.29) is 11.7 Å². The third kappa shape index (κ3) is 3.55. The van der Waals surface area contributed by atoms with Gasteiger partial charge in [-0.25, -0.2) is 4.39 Å². The summed E-state index contributed by atoms with van der Waals surface area (Å²) < 4.78 is 13.3. The van der Waals surface area contributed by atoms with Crippen molar-refractivity contribution in [2.45, 2.75) is 19.3 Å². The van der Waals surface area contributed by atoms with Gasteiger partial charge < -0.3 is 5.73 Å². The van der Waals surface area contributed by atoms with E-state index in [9.17, 15) is 4.39 Å².